The molecule has 0 unspecified atom stereocenters. The quantitative estimate of drug-likeness (QED) is 0.850. The van der Waals surface area contributed by atoms with E-state index in [4.69, 9.17) is 0 Å². The fourth-order valence-corrected chi connectivity index (χ4v) is 3.10. The van der Waals surface area contributed by atoms with E-state index in [-0.39, 0.29) is 0 Å². The normalized spacial score (nSPS) is 16.9. The summed E-state index contributed by atoms with van der Waals surface area (Å²) in [6, 6.07) is 5.42. The van der Waals surface area contributed by atoms with Crippen molar-refractivity contribution >= 4 is 5.82 Å². The molecule has 2 aromatic heterocycles. The number of pyridine rings is 1. The van der Waals surface area contributed by atoms with Crippen LogP contribution in [0.1, 0.15) is 38.3 Å². The number of hydrogen-bond donors (Lipinski definition) is 0. The highest BCUT2D eigenvalue weighted by atomic mass is 15.2. The zero-order valence-corrected chi connectivity index (χ0v) is 14.4. The van der Waals surface area contributed by atoms with Gasteiger partial charge in [0.1, 0.15) is 5.82 Å². The van der Waals surface area contributed by atoms with Crippen molar-refractivity contribution in [2.24, 2.45) is 0 Å². The molecule has 0 saturated carbocycles. The van der Waals surface area contributed by atoms with Gasteiger partial charge in [0.25, 0.3) is 0 Å². The molecule has 0 atom stereocenters. The largest absolute Gasteiger partial charge is 0.357 e. The lowest BCUT2D eigenvalue weighted by molar-refractivity contribution is 0.179. The summed E-state index contributed by atoms with van der Waals surface area (Å²) in [6.45, 7) is 7.63. The van der Waals surface area contributed by atoms with Crippen LogP contribution in [-0.2, 0) is 6.54 Å². The molecule has 5 nitrogen and oxygen atoms in total. The van der Waals surface area contributed by atoms with Crippen molar-refractivity contribution < 1.29 is 0 Å². The molecule has 1 aliphatic rings. The van der Waals surface area contributed by atoms with Gasteiger partial charge in [-0.05, 0) is 38.3 Å². The summed E-state index contributed by atoms with van der Waals surface area (Å²) in [5.41, 5.74) is 1.30. The van der Waals surface area contributed by atoms with E-state index < -0.39 is 0 Å². The second-order valence-electron chi connectivity index (χ2n) is 6.75. The highest BCUT2D eigenvalue weighted by Gasteiger charge is 2.20. The van der Waals surface area contributed by atoms with Crippen molar-refractivity contribution in [1.82, 2.24) is 19.4 Å². The van der Waals surface area contributed by atoms with E-state index in [9.17, 15) is 0 Å². The van der Waals surface area contributed by atoms with Crippen LogP contribution in [0.4, 0.5) is 5.82 Å². The fraction of sp³-hybridized carbons (Fsp3) is 0.556. The molecule has 0 spiro atoms. The van der Waals surface area contributed by atoms with Crippen molar-refractivity contribution in [2.75, 3.05) is 25.0 Å². The topological polar surface area (TPSA) is 37.2 Å². The van der Waals surface area contributed by atoms with Gasteiger partial charge in [0.15, 0.2) is 0 Å². The highest BCUT2D eigenvalue weighted by molar-refractivity contribution is 5.39. The molecule has 5 heteroatoms. The third kappa shape index (κ3) is 3.91. The van der Waals surface area contributed by atoms with E-state index in [0.29, 0.717) is 12.1 Å². The second-order valence-corrected chi connectivity index (χ2v) is 6.75. The van der Waals surface area contributed by atoms with Crippen LogP contribution in [0.3, 0.4) is 0 Å². The minimum atomic E-state index is 0.468. The molecular formula is C18H27N5. The van der Waals surface area contributed by atoms with Crippen molar-refractivity contribution in [2.45, 2.75) is 45.3 Å². The van der Waals surface area contributed by atoms with Gasteiger partial charge < -0.3 is 9.47 Å². The Hall–Kier alpha value is -1.88. The molecular weight excluding hydrogens is 286 g/mol. The first kappa shape index (κ1) is 16.0. The Kier molecular flexibility index (Phi) is 4.96. The molecule has 0 N–H and O–H groups in total. The molecule has 0 bridgehead atoms. The number of imidazole rings is 1. The van der Waals surface area contributed by atoms with Gasteiger partial charge >= 0.3 is 0 Å². The van der Waals surface area contributed by atoms with Crippen molar-refractivity contribution in [3.05, 3.63) is 42.6 Å². The number of rotatable bonds is 5. The highest BCUT2D eigenvalue weighted by Crippen LogP contribution is 2.23. The molecule has 1 saturated heterocycles. The summed E-state index contributed by atoms with van der Waals surface area (Å²) in [7, 11) is 2.09. The number of nitrogens with zero attached hydrogens (tertiary/aromatic N) is 5. The average Bonchev–Trinajstić information content (AvgIpc) is 3.10. The van der Waals surface area contributed by atoms with Crippen molar-refractivity contribution in [1.29, 1.82) is 0 Å². The van der Waals surface area contributed by atoms with Gasteiger partial charge in [-0.15, -0.1) is 0 Å². The van der Waals surface area contributed by atoms with Gasteiger partial charge in [-0.3, -0.25) is 4.90 Å². The Balaban J connectivity index is 1.52. The maximum Gasteiger partial charge on any atom is 0.128 e. The number of hydrogen-bond acceptors (Lipinski definition) is 4. The van der Waals surface area contributed by atoms with E-state index >= 15 is 0 Å². The van der Waals surface area contributed by atoms with Crippen LogP contribution in [0.2, 0.25) is 0 Å². The summed E-state index contributed by atoms with van der Waals surface area (Å²) in [4.78, 5) is 13.5. The van der Waals surface area contributed by atoms with Gasteiger partial charge in [-0.2, -0.15) is 0 Å². The molecule has 0 radical (unpaired) electrons. The monoisotopic (exact) mass is 313 g/mol. The standard InChI is InChI=1S/C18H27N5/c1-15(2)21(3)18-5-4-16(12-20-18)13-22-9-6-17(7-10-22)23-11-8-19-14-23/h4-5,8,11-12,14-15,17H,6-7,9-10,13H2,1-3H3. The predicted octanol–water partition coefficient (Wildman–Crippen LogP) is 2.96. The molecule has 23 heavy (non-hydrogen) atoms. The molecule has 0 amide bonds. The van der Waals surface area contributed by atoms with Gasteiger partial charge in [0.05, 0.1) is 6.33 Å². The Morgan fingerprint density at radius 2 is 2.04 bits per heavy atom. The fourth-order valence-electron chi connectivity index (χ4n) is 3.10. The molecule has 3 rings (SSSR count). The van der Waals surface area contributed by atoms with Crippen LogP contribution in [0.25, 0.3) is 0 Å². The number of piperidine rings is 1. The summed E-state index contributed by atoms with van der Waals surface area (Å²) in [5.74, 6) is 1.04. The maximum absolute atomic E-state index is 4.61. The Bertz CT molecular complexity index is 582. The third-order valence-corrected chi connectivity index (χ3v) is 4.85. The predicted molar refractivity (Wildman–Crippen MR) is 93.6 cm³/mol. The minimum Gasteiger partial charge on any atom is -0.357 e. The van der Waals surface area contributed by atoms with Gasteiger partial charge in [0.2, 0.25) is 0 Å². The maximum atomic E-state index is 4.61. The molecule has 1 fully saturated rings. The second kappa shape index (κ2) is 7.13. The molecule has 0 aromatic carbocycles. The lowest BCUT2D eigenvalue weighted by Gasteiger charge is -2.32. The van der Waals surface area contributed by atoms with E-state index in [1.54, 1.807) is 0 Å². The molecule has 124 valence electrons. The zero-order chi connectivity index (χ0) is 16.2. The van der Waals surface area contributed by atoms with Crippen molar-refractivity contribution in [3.8, 4) is 0 Å². The van der Waals surface area contributed by atoms with Crippen LogP contribution in [-0.4, -0.2) is 45.6 Å². The van der Waals surface area contributed by atoms with Crippen LogP contribution in [0.5, 0.6) is 0 Å². The van der Waals surface area contributed by atoms with E-state index in [1.165, 1.54) is 18.4 Å². The summed E-state index contributed by atoms with van der Waals surface area (Å²) in [5, 5.41) is 0. The first-order valence-electron chi connectivity index (χ1n) is 8.51. The number of likely N-dealkylation sites (tertiary alicyclic amines) is 1. The first-order valence-corrected chi connectivity index (χ1v) is 8.51. The van der Waals surface area contributed by atoms with Crippen molar-refractivity contribution in [3.63, 3.8) is 0 Å². The zero-order valence-electron chi connectivity index (χ0n) is 14.4. The van der Waals surface area contributed by atoms with Gasteiger partial charge in [-0.25, -0.2) is 9.97 Å². The van der Waals surface area contributed by atoms with E-state index in [0.717, 1.165) is 25.5 Å². The number of anilines is 1. The average molecular weight is 313 g/mol. The summed E-state index contributed by atoms with van der Waals surface area (Å²) in [6.07, 6.45) is 10.3. The molecule has 2 aromatic rings. The van der Waals surface area contributed by atoms with Crippen LogP contribution in [0.15, 0.2) is 37.1 Å². The third-order valence-electron chi connectivity index (χ3n) is 4.85. The summed E-state index contributed by atoms with van der Waals surface area (Å²) < 4.78 is 2.25. The van der Waals surface area contributed by atoms with Gasteiger partial charge in [0, 0.05) is 57.4 Å². The van der Waals surface area contributed by atoms with Crippen LogP contribution in [0, 0.1) is 0 Å². The number of aromatic nitrogens is 3. The Morgan fingerprint density at radius 1 is 1.26 bits per heavy atom. The van der Waals surface area contributed by atoms with Gasteiger partial charge in [-0.1, -0.05) is 6.07 Å². The van der Waals surface area contributed by atoms with Crippen LogP contribution < -0.4 is 4.90 Å². The molecule has 0 aliphatic carbocycles. The molecule has 3 heterocycles. The summed E-state index contributed by atoms with van der Waals surface area (Å²) >= 11 is 0. The molecule has 1 aliphatic heterocycles. The Labute approximate surface area is 139 Å². The first-order chi connectivity index (χ1) is 11.1. The Morgan fingerprint density at radius 3 is 2.61 bits per heavy atom. The smallest absolute Gasteiger partial charge is 0.128 e. The lowest BCUT2D eigenvalue weighted by atomic mass is 10.0. The van der Waals surface area contributed by atoms with E-state index in [1.807, 2.05) is 18.7 Å². The minimum absolute atomic E-state index is 0.468. The van der Waals surface area contributed by atoms with Crippen LogP contribution >= 0.6 is 0 Å². The lowest BCUT2D eigenvalue weighted by Crippen LogP contribution is -2.34. The van der Waals surface area contributed by atoms with E-state index in [2.05, 4.69) is 63.6 Å². The SMILES string of the molecule is CC(C)N(C)c1ccc(CN2CCC(n3ccnc3)CC2)cn1.